The van der Waals surface area contributed by atoms with E-state index in [4.69, 9.17) is 0 Å². The second-order valence-corrected chi connectivity index (χ2v) is 5.27. The first-order chi connectivity index (χ1) is 7.72. The molecule has 100 valence electrons. The normalized spacial score (nSPS) is 20.5. The van der Waals surface area contributed by atoms with Gasteiger partial charge in [-0.25, -0.2) is 0 Å². The standard InChI is InChI=1S/C11H19F3N2O/c1-10(2,9-17)7-15-3-5-16(6-4-15)8-11(12,13)14/h9H,3-8H2,1-2H3. The van der Waals surface area contributed by atoms with Gasteiger partial charge >= 0.3 is 6.18 Å². The molecule has 0 atom stereocenters. The fourth-order valence-corrected chi connectivity index (χ4v) is 1.97. The first-order valence-corrected chi connectivity index (χ1v) is 5.70. The Bertz CT molecular complexity index is 258. The van der Waals surface area contributed by atoms with E-state index in [0.29, 0.717) is 32.7 Å². The predicted molar refractivity (Wildman–Crippen MR) is 58.8 cm³/mol. The van der Waals surface area contributed by atoms with Crippen LogP contribution < -0.4 is 0 Å². The highest BCUT2D eigenvalue weighted by Crippen LogP contribution is 2.19. The maximum Gasteiger partial charge on any atom is 0.401 e. The van der Waals surface area contributed by atoms with Crippen LogP contribution in [0.5, 0.6) is 0 Å². The van der Waals surface area contributed by atoms with E-state index in [1.165, 1.54) is 4.90 Å². The van der Waals surface area contributed by atoms with Crippen molar-refractivity contribution < 1.29 is 18.0 Å². The zero-order chi connectivity index (χ0) is 13.1. The summed E-state index contributed by atoms with van der Waals surface area (Å²) in [5.41, 5.74) is -0.424. The molecule has 0 aromatic carbocycles. The molecule has 1 aliphatic heterocycles. The predicted octanol–water partition coefficient (Wildman–Crippen LogP) is 1.39. The maximum absolute atomic E-state index is 12.2. The number of carbonyl (C=O) groups excluding carboxylic acids is 1. The van der Waals surface area contributed by atoms with E-state index in [1.54, 1.807) is 0 Å². The van der Waals surface area contributed by atoms with Crippen molar-refractivity contribution in [2.75, 3.05) is 39.3 Å². The molecule has 1 heterocycles. The summed E-state index contributed by atoms with van der Waals surface area (Å²) in [6.45, 7) is 5.45. The summed E-state index contributed by atoms with van der Waals surface area (Å²) in [4.78, 5) is 14.2. The highest BCUT2D eigenvalue weighted by Gasteiger charge is 2.32. The third kappa shape index (κ3) is 5.50. The van der Waals surface area contributed by atoms with Gasteiger partial charge in [0.05, 0.1) is 6.54 Å². The summed E-state index contributed by atoms with van der Waals surface area (Å²) in [6, 6.07) is 0. The molecule has 0 bridgehead atoms. The number of hydrogen-bond acceptors (Lipinski definition) is 3. The molecule has 6 heteroatoms. The zero-order valence-corrected chi connectivity index (χ0v) is 10.3. The average molecular weight is 252 g/mol. The molecule has 0 spiro atoms. The van der Waals surface area contributed by atoms with Crippen molar-refractivity contribution in [2.45, 2.75) is 20.0 Å². The smallest absolute Gasteiger partial charge is 0.303 e. The molecule has 0 aromatic heterocycles. The van der Waals surface area contributed by atoms with Crippen LogP contribution in [0.2, 0.25) is 0 Å². The van der Waals surface area contributed by atoms with Crippen LogP contribution in [0.25, 0.3) is 0 Å². The minimum Gasteiger partial charge on any atom is -0.303 e. The van der Waals surface area contributed by atoms with Gasteiger partial charge < -0.3 is 4.79 Å². The van der Waals surface area contributed by atoms with Crippen molar-refractivity contribution in [2.24, 2.45) is 5.41 Å². The molecule has 1 aliphatic rings. The second-order valence-electron chi connectivity index (χ2n) is 5.27. The van der Waals surface area contributed by atoms with Crippen LogP contribution in [0.4, 0.5) is 13.2 Å². The topological polar surface area (TPSA) is 23.6 Å². The molecule has 0 aliphatic carbocycles. The van der Waals surface area contributed by atoms with E-state index in [1.807, 2.05) is 18.7 Å². The Labute approximate surface area is 99.6 Å². The minimum atomic E-state index is -4.12. The summed E-state index contributed by atoms with van der Waals surface area (Å²) in [5, 5.41) is 0. The molecular weight excluding hydrogens is 233 g/mol. The fraction of sp³-hybridized carbons (Fsp3) is 0.909. The summed E-state index contributed by atoms with van der Waals surface area (Å²) < 4.78 is 36.5. The Morgan fingerprint density at radius 1 is 1.00 bits per heavy atom. The first kappa shape index (κ1) is 14.4. The molecular formula is C11H19F3N2O. The Morgan fingerprint density at radius 2 is 1.41 bits per heavy atom. The SMILES string of the molecule is CC(C)(C=O)CN1CCN(CC(F)(F)F)CC1. The second kappa shape index (κ2) is 5.35. The average Bonchev–Trinajstić information content (AvgIpc) is 2.19. The van der Waals surface area contributed by atoms with Crippen LogP contribution in [0.1, 0.15) is 13.8 Å². The van der Waals surface area contributed by atoms with Gasteiger partial charge in [0.15, 0.2) is 0 Å². The highest BCUT2D eigenvalue weighted by atomic mass is 19.4. The number of alkyl halides is 3. The van der Waals surface area contributed by atoms with Gasteiger partial charge in [-0.3, -0.25) is 9.80 Å². The molecule has 0 unspecified atom stereocenters. The van der Waals surface area contributed by atoms with Gasteiger partial charge in [-0.15, -0.1) is 0 Å². The van der Waals surface area contributed by atoms with Crippen LogP contribution in [-0.4, -0.2) is 61.5 Å². The number of halogens is 3. The lowest BCUT2D eigenvalue weighted by molar-refractivity contribution is -0.149. The molecule has 17 heavy (non-hydrogen) atoms. The Hall–Kier alpha value is -0.620. The number of aldehydes is 1. The maximum atomic E-state index is 12.2. The van der Waals surface area contributed by atoms with Crippen molar-refractivity contribution in [1.29, 1.82) is 0 Å². The van der Waals surface area contributed by atoms with E-state index in [9.17, 15) is 18.0 Å². The Kier molecular flexibility index (Phi) is 4.55. The van der Waals surface area contributed by atoms with Crippen LogP contribution >= 0.6 is 0 Å². The number of rotatable bonds is 4. The summed E-state index contributed by atoms with van der Waals surface area (Å²) in [5.74, 6) is 0. The zero-order valence-electron chi connectivity index (χ0n) is 10.3. The molecule has 0 aromatic rings. The van der Waals surface area contributed by atoms with Crippen LogP contribution in [0, 0.1) is 5.41 Å². The number of hydrogen-bond donors (Lipinski definition) is 0. The molecule has 0 amide bonds. The van der Waals surface area contributed by atoms with Crippen molar-refractivity contribution in [3.8, 4) is 0 Å². The van der Waals surface area contributed by atoms with Gasteiger partial charge in [0.1, 0.15) is 6.29 Å². The van der Waals surface area contributed by atoms with Crippen molar-refractivity contribution in [1.82, 2.24) is 9.80 Å². The molecule has 0 saturated carbocycles. The summed E-state index contributed by atoms with van der Waals surface area (Å²) in [7, 11) is 0. The largest absolute Gasteiger partial charge is 0.401 e. The lowest BCUT2D eigenvalue weighted by Crippen LogP contribution is -2.51. The van der Waals surface area contributed by atoms with Crippen LogP contribution in [0.3, 0.4) is 0 Å². The molecule has 0 N–H and O–H groups in total. The fourth-order valence-electron chi connectivity index (χ4n) is 1.97. The molecule has 1 fully saturated rings. The molecule has 0 radical (unpaired) electrons. The van der Waals surface area contributed by atoms with Gasteiger partial charge in [0, 0.05) is 38.1 Å². The van der Waals surface area contributed by atoms with Gasteiger partial charge in [-0.1, -0.05) is 13.8 Å². The quantitative estimate of drug-likeness (QED) is 0.706. The van der Waals surface area contributed by atoms with Gasteiger partial charge in [-0.05, 0) is 0 Å². The van der Waals surface area contributed by atoms with Crippen LogP contribution in [-0.2, 0) is 4.79 Å². The molecule has 1 saturated heterocycles. The molecule has 3 nitrogen and oxygen atoms in total. The molecule has 1 rings (SSSR count). The van der Waals surface area contributed by atoms with E-state index in [0.717, 1.165) is 6.29 Å². The van der Waals surface area contributed by atoms with E-state index in [2.05, 4.69) is 0 Å². The third-order valence-electron chi connectivity index (χ3n) is 2.82. The van der Waals surface area contributed by atoms with Crippen molar-refractivity contribution in [3.05, 3.63) is 0 Å². The Balaban J connectivity index is 2.34. The lowest BCUT2D eigenvalue weighted by Gasteiger charge is -2.37. The summed E-state index contributed by atoms with van der Waals surface area (Å²) in [6.07, 6.45) is -3.22. The first-order valence-electron chi connectivity index (χ1n) is 5.70. The Morgan fingerprint density at radius 3 is 1.76 bits per heavy atom. The monoisotopic (exact) mass is 252 g/mol. The minimum absolute atomic E-state index is 0.411. The van der Waals surface area contributed by atoms with E-state index in [-0.39, 0.29) is 0 Å². The van der Waals surface area contributed by atoms with Crippen molar-refractivity contribution >= 4 is 6.29 Å². The number of carbonyl (C=O) groups is 1. The number of nitrogens with zero attached hydrogens (tertiary/aromatic N) is 2. The summed E-state index contributed by atoms with van der Waals surface area (Å²) >= 11 is 0. The third-order valence-corrected chi connectivity index (χ3v) is 2.82. The van der Waals surface area contributed by atoms with E-state index >= 15 is 0 Å². The van der Waals surface area contributed by atoms with Gasteiger partial charge in [0.25, 0.3) is 0 Å². The van der Waals surface area contributed by atoms with Crippen LogP contribution in [0.15, 0.2) is 0 Å². The van der Waals surface area contributed by atoms with Gasteiger partial charge in [0.2, 0.25) is 0 Å². The van der Waals surface area contributed by atoms with Gasteiger partial charge in [-0.2, -0.15) is 13.2 Å². The highest BCUT2D eigenvalue weighted by molar-refractivity contribution is 5.58. The van der Waals surface area contributed by atoms with Crippen molar-refractivity contribution in [3.63, 3.8) is 0 Å². The number of piperazine rings is 1. The lowest BCUT2D eigenvalue weighted by atomic mass is 9.95. The van der Waals surface area contributed by atoms with E-state index < -0.39 is 18.1 Å².